The Morgan fingerprint density at radius 3 is 2.41 bits per heavy atom. The normalized spacial score (nSPS) is 18.4. The number of aryl methyl sites for hydroxylation is 2. The van der Waals surface area contributed by atoms with E-state index in [0.717, 1.165) is 11.1 Å². The number of anilines is 1. The number of carbonyl (C=O) groups excluding carboxylic acids is 2. The Morgan fingerprint density at radius 2 is 1.79 bits per heavy atom. The van der Waals surface area contributed by atoms with E-state index in [1.807, 2.05) is 26.0 Å². The number of Topliss-reactive ketones (excluding diaryl/α,β-unsaturated/α-hetero) is 1. The Hall–Kier alpha value is -3.31. The molecule has 1 unspecified atom stereocenters. The molecule has 146 valence electrons. The van der Waals surface area contributed by atoms with Gasteiger partial charge >= 0.3 is 0 Å². The van der Waals surface area contributed by atoms with Gasteiger partial charge in [0.1, 0.15) is 17.6 Å². The van der Waals surface area contributed by atoms with Crippen molar-refractivity contribution in [3.8, 4) is 0 Å². The van der Waals surface area contributed by atoms with Crippen LogP contribution in [0, 0.1) is 13.8 Å². The lowest BCUT2D eigenvalue weighted by Crippen LogP contribution is -2.29. The van der Waals surface area contributed by atoms with Crippen LogP contribution < -0.4 is 4.90 Å². The van der Waals surface area contributed by atoms with Gasteiger partial charge in [-0.2, -0.15) is 0 Å². The number of carbonyl (C=O) groups is 2. The molecule has 0 spiro atoms. The minimum absolute atomic E-state index is 0.0227. The van der Waals surface area contributed by atoms with Crippen molar-refractivity contribution < 1.29 is 19.1 Å². The Morgan fingerprint density at radius 1 is 1.07 bits per heavy atom. The predicted molar refractivity (Wildman–Crippen MR) is 111 cm³/mol. The van der Waals surface area contributed by atoms with Crippen molar-refractivity contribution in [2.45, 2.75) is 19.9 Å². The molecular weight excluding hydrogens is 390 g/mol. The maximum Gasteiger partial charge on any atom is 0.300 e. The van der Waals surface area contributed by atoms with Crippen LogP contribution in [0.5, 0.6) is 0 Å². The summed E-state index contributed by atoms with van der Waals surface area (Å²) < 4.78 is 5.53. The standard InChI is InChI=1S/C23H18ClNO4/c1-13-5-8-15(9-6-13)21(26)19-20(18-4-3-11-29-18)25(23(28)22(19)27)16-10-7-14(2)17(24)12-16/h3-12,20,26H,1-2H3/b21-19-. The van der Waals surface area contributed by atoms with Crippen molar-refractivity contribution in [2.24, 2.45) is 0 Å². The molecule has 3 aromatic rings. The molecule has 1 amide bonds. The van der Waals surface area contributed by atoms with Crippen molar-refractivity contribution in [3.63, 3.8) is 0 Å². The highest BCUT2D eigenvalue weighted by atomic mass is 35.5. The monoisotopic (exact) mass is 407 g/mol. The van der Waals surface area contributed by atoms with E-state index in [1.165, 1.54) is 11.2 Å². The summed E-state index contributed by atoms with van der Waals surface area (Å²) >= 11 is 6.25. The molecule has 1 N–H and O–H groups in total. The molecule has 4 rings (SSSR count). The zero-order chi connectivity index (χ0) is 20.7. The van der Waals surface area contributed by atoms with Crippen LogP contribution in [0.15, 0.2) is 70.9 Å². The molecule has 5 nitrogen and oxygen atoms in total. The van der Waals surface area contributed by atoms with Crippen LogP contribution in [-0.2, 0) is 9.59 Å². The number of halogens is 1. The van der Waals surface area contributed by atoms with Gasteiger partial charge in [0.25, 0.3) is 11.7 Å². The Labute approximate surface area is 172 Å². The summed E-state index contributed by atoms with van der Waals surface area (Å²) in [6.07, 6.45) is 1.46. The molecule has 0 bridgehead atoms. The Balaban J connectivity index is 1.92. The molecule has 1 atom stereocenters. The van der Waals surface area contributed by atoms with Crippen LogP contribution in [0.3, 0.4) is 0 Å². The maximum atomic E-state index is 13.0. The van der Waals surface area contributed by atoms with E-state index < -0.39 is 17.7 Å². The van der Waals surface area contributed by atoms with E-state index in [1.54, 1.807) is 42.5 Å². The first kappa shape index (κ1) is 19.0. The van der Waals surface area contributed by atoms with Gasteiger partial charge in [-0.15, -0.1) is 0 Å². The third-order valence-corrected chi connectivity index (χ3v) is 5.42. The fourth-order valence-corrected chi connectivity index (χ4v) is 3.59. The topological polar surface area (TPSA) is 70.8 Å². The molecule has 0 radical (unpaired) electrons. The number of amides is 1. The van der Waals surface area contributed by atoms with Crippen LogP contribution in [0.4, 0.5) is 5.69 Å². The number of ketones is 1. The lowest BCUT2D eigenvalue weighted by Gasteiger charge is -2.23. The SMILES string of the molecule is Cc1ccc(/C(O)=C2/C(=O)C(=O)N(c3ccc(C)c(Cl)c3)C2c2ccco2)cc1. The summed E-state index contributed by atoms with van der Waals surface area (Å²) in [5, 5.41) is 11.4. The molecule has 2 heterocycles. The quantitative estimate of drug-likeness (QED) is 0.369. The number of furan rings is 1. The smallest absolute Gasteiger partial charge is 0.300 e. The average molecular weight is 408 g/mol. The second-order valence-corrected chi connectivity index (χ2v) is 7.39. The van der Waals surface area contributed by atoms with Crippen molar-refractivity contribution in [1.29, 1.82) is 0 Å². The zero-order valence-electron chi connectivity index (χ0n) is 15.8. The van der Waals surface area contributed by atoms with Gasteiger partial charge in [-0.05, 0) is 43.7 Å². The van der Waals surface area contributed by atoms with Crippen molar-refractivity contribution in [1.82, 2.24) is 0 Å². The number of aliphatic hydroxyl groups excluding tert-OH is 1. The van der Waals surface area contributed by atoms with Crippen LogP contribution >= 0.6 is 11.6 Å². The summed E-state index contributed by atoms with van der Waals surface area (Å²) in [6.45, 7) is 3.77. The first-order chi connectivity index (χ1) is 13.9. The molecule has 1 fully saturated rings. The molecule has 1 aliphatic heterocycles. The minimum atomic E-state index is -0.898. The third-order valence-electron chi connectivity index (χ3n) is 5.02. The first-order valence-corrected chi connectivity index (χ1v) is 9.44. The summed E-state index contributed by atoms with van der Waals surface area (Å²) in [6, 6.07) is 14.6. The molecule has 1 aromatic heterocycles. The van der Waals surface area contributed by atoms with Gasteiger partial charge < -0.3 is 9.52 Å². The van der Waals surface area contributed by atoms with Crippen molar-refractivity contribution >= 4 is 34.7 Å². The van der Waals surface area contributed by atoms with Crippen molar-refractivity contribution in [3.05, 3.63) is 93.9 Å². The zero-order valence-corrected chi connectivity index (χ0v) is 16.6. The highest BCUT2D eigenvalue weighted by Gasteiger charge is 2.48. The number of aliphatic hydroxyl groups is 1. The van der Waals surface area contributed by atoms with E-state index in [-0.39, 0.29) is 11.3 Å². The maximum absolute atomic E-state index is 13.0. The number of rotatable bonds is 3. The van der Waals surface area contributed by atoms with Gasteiger partial charge in [0.15, 0.2) is 0 Å². The molecule has 6 heteroatoms. The number of hydrogen-bond acceptors (Lipinski definition) is 4. The summed E-state index contributed by atoms with van der Waals surface area (Å²) in [4.78, 5) is 27.2. The third kappa shape index (κ3) is 3.23. The Bertz CT molecular complexity index is 1130. The second kappa shape index (κ2) is 7.26. The van der Waals surface area contributed by atoms with Gasteiger partial charge in [-0.25, -0.2) is 0 Å². The molecular formula is C23H18ClNO4. The van der Waals surface area contributed by atoms with E-state index in [4.69, 9.17) is 16.0 Å². The lowest BCUT2D eigenvalue weighted by molar-refractivity contribution is -0.132. The average Bonchev–Trinajstić information content (AvgIpc) is 3.32. The van der Waals surface area contributed by atoms with E-state index in [2.05, 4.69) is 0 Å². The van der Waals surface area contributed by atoms with E-state index in [9.17, 15) is 14.7 Å². The molecule has 29 heavy (non-hydrogen) atoms. The fourth-order valence-electron chi connectivity index (χ4n) is 3.41. The fraction of sp³-hybridized carbons (Fsp3) is 0.130. The first-order valence-electron chi connectivity index (χ1n) is 9.06. The highest BCUT2D eigenvalue weighted by Crippen LogP contribution is 2.42. The highest BCUT2D eigenvalue weighted by molar-refractivity contribution is 6.51. The number of hydrogen-bond donors (Lipinski definition) is 1. The number of nitrogens with zero attached hydrogens (tertiary/aromatic N) is 1. The molecule has 1 aliphatic rings. The molecule has 1 saturated heterocycles. The molecule has 0 aliphatic carbocycles. The van der Waals surface area contributed by atoms with Gasteiger partial charge in [-0.1, -0.05) is 47.5 Å². The summed E-state index contributed by atoms with van der Waals surface area (Å²) in [5.41, 5.74) is 2.74. The van der Waals surface area contributed by atoms with Crippen LogP contribution in [0.1, 0.15) is 28.5 Å². The minimum Gasteiger partial charge on any atom is -0.507 e. The second-order valence-electron chi connectivity index (χ2n) is 6.98. The van der Waals surface area contributed by atoms with Crippen LogP contribution in [0.25, 0.3) is 5.76 Å². The van der Waals surface area contributed by atoms with E-state index >= 15 is 0 Å². The molecule has 2 aromatic carbocycles. The van der Waals surface area contributed by atoms with Gasteiger partial charge in [0.2, 0.25) is 0 Å². The van der Waals surface area contributed by atoms with Crippen LogP contribution in [0.2, 0.25) is 5.02 Å². The van der Waals surface area contributed by atoms with Gasteiger partial charge in [-0.3, -0.25) is 14.5 Å². The largest absolute Gasteiger partial charge is 0.507 e. The predicted octanol–water partition coefficient (Wildman–Crippen LogP) is 5.18. The summed E-state index contributed by atoms with van der Waals surface area (Å²) in [7, 11) is 0. The van der Waals surface area contributed by atoms with Crippen molar-refractivity contribution in [2.75, 3.05) is 4.90 Å². The van der Waals surface area contributed by atoms with Crippen LogP contribution in [-0.4, -0.2) is 16.8 Å². The summed E-state index contributed by atoms with van der Waals surface area (Å²) in [5.74, 6) is -1.40. The molecule has 0 saturated carbocycles. The lowest BCUT2D eigenvalue weighted by atomic mass is 9.98. The van der Waals surface area contributed by atoms with Gasteiger partial charge in [0.05, 0.1) is 11.8 Å². The number of benzene rings is 2. The Kier molecular flexibility index (Phi) is 4.76. The van der Waals surface area contributed by atoms with Gasteiger partial charge in [0, 0.05) is 16.3 Å². The van der Waals surface area contributed by atoms with E-state index in [0.29, 0.717) is 22.0 Å².